The molecule has 1 aromatic heterocycles. The molecule has 1 aliphatic heterocycles. The molecule has 0 radical (unpaired) electrons. The SMILES string of the molecule is COc1ccc(C2Nc3ccccc3-c3cc(C)nn32)cc1O. The second kappa shape index (κ2) is 5.05. The molecule has 1 atom stereocenters. The number of aromatic nitrogens is 2. The van der Waals surface area contributed by atoms with Gasteiger partial charge in [0, 0.05) is 16.8 Å². The highest BCUT2D eigenvalue weighted by Gasteiger charge is 2.26. The first kappa shape index (κ1) is 13.7. The zero-order valence-corrected chi connectivity index (χ0v) is 12.9. The number of aryl methyl sites for hydroxylation is 1. The Morgan fingerprint density at radius 2 is 2.00 bits per heavy atom. The third-order valence-electron chi connectivity index (χ3n) is 4.12. The lowest BCUT2D eigenvalue weighted by Gasteiger charge is -2.29. The van der Waals surface area contributed by atoms with Crippen molar-refractivity contribution in [2.45, 2.75) is 13.1 Å². The molecule has 0 amide bonds. The van der Waals surface area contributed by atoms with E-state index in [-0.39, 0.29) is 11.9 Å². The van der Waals surface area contributed by atoms with Crippen LogP contribution in [0.2, 0.25) is 0 Å². The average Bonchev–Trinajstić information content (AvgIpc) is 2.95. The quantitative estimate of drug-likeness (QED) is 0.760. The summed E-state index contributed by atoms with van der Waals surface area (Å²) in [6.07, 6.45) is -0.176. The molecule has 0 saturated carbocycles. The van der Waals surface area contributed by atoms with E-state index < -0.39 is 0 Å². The summed E-state index contributed by atoms with van der Waals surface area (Å²) in [5.41, 5.74) is 5.13. The van der Waals surface area contributed by atoms with Crippen molar-refractivity contribution in [2.75, 3.05) is 12.4 Å². The number of methoxy groups -OCH3 is 1. The smallest absolute Gasteiger partial charge is 0.160 e. The third kappa shape index (κ3) is 2.12. The number of hydrogen-bond acceptors (Lipinski definition) is 4. The van der Waals surface area contributed by atoms with Crippen LogP contribution in [0.3, 0.4) is 0 Å². The lowest BCUT2D eigenvalue weighted by molar-refractivity contribution is 0.372. The summed E-state index contributed by atoms with van der Waals surface area (Å²) >= 11 is 0. The van der Waals surface area contributed by atoms with Gasteiger partial charge in [0.15, 0.2) is 11.5 Å². The Morgan fingerprint density at radius 3 is 2.78 bits per heavy atom. The number of para-hydroxylation sites is 1. The first-order chi connectivity index (χ1) is 11.2. The molecule has 0 fully saturated rings. The van der Waals surface area contributed by atoms with Crippen molar-refractivity contribution in [3.05, 3.63) is 59.8 Å². The van der Waals surface area contributed by atoms with Crippen LogP contribution in [0.4, 0.5) is 5.69 Å². The molecule has 5 heteroatoms. The fourth-order valence-electron chi connectivity index (χ4n) is 3.06. The van der Waals surface area contributed by atoms with Gasteiger partial charge in [-0.1, -0.05) is 24.3 Å². The number of anilines is 1. The number of ether oxygens (including phenoxy) is 1. The summed E-state index contributed by atoms with van der Waals surface area (Å²) in [6, 6.07) is 15.7. The third-order valence-corrected chi connectivity index (χ3v) is 4.12. The van der Waals surface area contributed by atoms with Crippen LogP contribution >= 0.6 is 0 Å². The fourth-order valence-corrected chi connectivity index (χ4v) is 3.06. The van der Waals surface area contributed by atoms with E-state index in [0.717, 1.165) is 28.2 Å². The van der Waals surface area contributed by atoms with Crippen molar-refractivity contribution in [1.29, 1.82) is 0 Å². The van der Waals surface area contributed by atoms with Crippen LogP contribution < -0.4 is 10.1 Å². The second-order valence-electron chi connectivity index (χ2n) is 5.64. The summed E-state index contributed by atoms with van der Waals surface area (Å²) < 4.78 is 7.08. The van der Waals surface area contributed by atoms with Gasteiger partial charge in [-0.3, -0.25) is 0 Å². The van der Waals surface area contributed by atoms with Gasteiger partial charge in [-0.05, 0) is 31.2 Å². The van der Waals surface area contributed by atoms with Gasteiger partial charge in [0.1, 0.15) is 6.17 Å². The van der Waals surface area contributed by atoms with Gasteiger partial charge in [0.05, 0.1) is 18.5 Å². The lowest BCUT2D eigenvalue weighted by atomic mass is 10.0. The van der Waals surface area contributed by atoms with Crippen LogP contribution in [-0.2, 0) is 0 Å². The standard InChI is InChI=1S/C18H17N3O2/c1-11-9-15-13-5-3-4-6-14(13)19-18(21(15)20-11)12-7-8-17(23-2)16(22)10-12/h3-10,18-19,22H,1-2H3. The van der Waals surface area contributed by atoms with E-state index in [1.54, 1.807) is 19.2 Å². The van der Waals surface area contributed by atoms with Gasteiger partial charge in [0.25, 0.3) is 0 Å². The molecular formula is C18H17N3O2. The molecule has 2 heterocycles. The molecule has 4 rings (SSSR count). The Bertz CT molecular complexity index is 886. The summed E-state index contributed by atoms with van der Waals surface area (Å²) in [4.78, 5) is 0. The molecular weight excluding hydrogens is 290 g/mol. The minimum Gasteiger partial charge on any atom is -0.504 e. The topological polar surface area (TPSA) is 59.3 Å². The number of rotatable bonds is 2. The molecule has 3 aromatic rings. The largest absolute Gasteiger partial charge is 0.504 e. The van der Waals surface area contributed by atoms with Crippen molar-refractivity contribution < 1.29 is 9.84 Å². The highest BCUT2D eigenvalue weighted by molar-refractivity contribution is 5.78. The highest BCUT2D eigenvalue weighted by Crippen LogP contribution is 2.39. The number of aromatic hydroxyl groups is 1. The van der Waals surface area contributed by atoms with Gasteiger partial charge < -0.3 is 15.2 Å². The molecule has 116 valence electrons. The van der Waals surface area contributed by atoms with E-state index in [9.17, 15) is 5.11 Å². The molecule has 5 nitrogen and oxygen atoms in total. The van der Waals surface area contributed by atoms with Gasteiger partial charge in [-0.25, -0.2) is 4.68 Å². The Balaban J connectivity index is 1.86. The van der Waals surface area contributed by atoms with Crippen molar-refractivity contribution in [3.8, 4) is 22.8 Å². The molecule has 1 unspecified atom stereocenters. The normalized spacial score (nSPS) is 15.5. The first-order valence-electron chi connectivity index (χ1n) is 7.46. The molecule has 1 aliphatic rings. The minimum atomic E-state index is -0.176. The Hall–Kier alpha value is -2.95. The fraction of sp³-hybridized carbons (Fsp3) is 0.167. The van der Waals surface area contributed by atoms with Crippen LogP contribution in [0, 0.1) is 6.92 Å². The van der Waals surface area contributed by atoms with Gasteiger partial charge in [-0.2, -0.15) is 5.10 Å². The number of phenols is 1. The number of nitrogens with zero attached hydrogens (tertiary/aromatic N) is 2. The first-order valence-corrected chi connectivity index (χ1v) is 7.46. The van der Waals surface area contributed by atoms with Gasteiger partial charge in [0.2, 0.25) is 0 Å². The lowest BCUT2D eigenvalue weighted by Crippen LogP contribution is -2.25. The molecule has 0 saturated heterocycles. The van der Waals surface area contributed by atoms with Crippen LogP contribution in [0.25, 0.3) is 11.3 Å². The maximum Gasteiger partial charge on any atom is 0.160 e. The molecule has 0 spiro atoms. The van der Waals surface area contributed by atoms with E-state index in [2.05, 4.69) is 28.6 Å². The summed E-state index contributed by atoms with van der Waals surface area (Å²) in [7, 11) is 1.54. The van der Waals surface area contributed by atoms with Gasteiger partial charge in [-0.15, -0.1) is 0 Å². The highest BCUT2D eigenvalue weighted by atomic mass is 16.5. The number of phenolic OH excluding ortho intramolecular Hbond substituents is 1. The Labute approximate surface area is 134 Å². The van der Waals surface area contributed by atoms with E-state index in [4.69, 9.17) is 4.74 Å². The molecule has 2 aromatic carbocycles. The molecule has 23 heavy (non-hydrogen) atoms. The number of hydrogen-bond donors (Lipinski definition) is 2. The van der Waals surface area contributed by atoms with E-state index in [0.29, 0.717) is 5.75 Å². The number of benzene rings is 2. The van der Waals surface area contributed by atoms with E-state index in [1.165, 1.54) is 0 Å². The number of nitrogens with one attached hydrogen (secondary N) is 1. The average molecular weight is 307 g/mol. The maximum absolute atomic E-state index is 10.1. The predicted molar refractivity (Wildman–Crippen MR) is 88.8 cm³/mol. The van der Waals surface area contributed by atoms with E-state index in [1.807, 2.05) is 29.8 Å². The minimum absolute atomic E-state index is 0.121. The maximum atomic E-state index is 10.1. The van der Waals surface area contributed by atoms with Crippen molar-refractivity contribution in [2.24, 2.45) is 0 Å². The van der Waals surface area contributed by atoms with Crippen LogP contribution in [0.1, 0.15) is 17.4 Å². The Kier molecular flexibility index (Phi) is 3.01. The van der Waals surface area contributed by atoms with Crippen LogP contribution in [0.5, 0.6) is 11.5 Å². The zero-order valence-electron chi connectivity index (χ0n) is 12.9. The monoisotopic (exact) mass is 307 g/mol. The van der Waals surface area contributed by atoms with Crippen molar-refractivity contribution in [3.63, 3.8) is 0 Å². The second-order valence-corrected chi connectivity index (χ2v) is 5.64. The molecule has 0 aliphatic carbocycles. The van der Waals surface area contributed by atoms with Crippen LogP contribution in [-0.4, -0.2) is 22.0 Å². The van der Waals surface area contributed by atoms with Crippen LogP contribution in [0.15, 0.2) is 48.5 Å². The molecule has 0 bridgehead atoms. The Morgan fingerprint density at radius 1 is 1.17 bits per heavy atom. The van der Waals surface area contributed by atoms with E-state index >= 15 is 0 Å². The van der Waals surface area contributed by atoms with Gasteiger partial charge >= 0.3 is 0 Å². The van der Waals surface area contributed by atoms with Crippen molar-refractivity contribution in [1.82, 2.24) is 9.78 Å². The summed E-state index contributed by atoms with van der Waals surface area (Å²) in [6.45, 7) is 1.98. The zero-order chi connectivity index (χ0) is 16.0. The van der Waals surface area contributed by atoms with Crippen molar-refractivity contribution >= 4 is 5.69 Å². The summed E-state index contributed by atoms with van der Waals surface area (Å²) in [5, 5.41) is 18.2. The number of fused-ring (bicyclic) bond motifs is 3. The predicted octanol–water partition coefficient (Wildman–Crippen LogP) is 3.55. The molecule has 2 N–H and O–H groups in total. The summed E-state index contributed by atoms with van der Waals surface area (Å²) in [5.74, 6) is 0.581.